The van der Waals surface area contributed by atoms with E-state index in [1.165, 1.54) is 129 Å². The first kappa shape index (κ1) is 25.4. The van der Waals surface area contributed by atoms with Crippen LogP contribution >= 0.6 is 0 Å². The van der Waals surface area contributed by atoms with E-state index in [1.807, 2.05) is 0 Å². The van der Waals surface area contributed by atoms with Gasteiger partial charge < -0.3 is 9.80 Å². The fourth-order valence-corrected chi connectivity index (χ4v) is 4.46. The van der Waals surface area contributed by atoms with E-state index >= 15 is 0 Å². The third kappa shape index (κ3) is 12.7. The number of rotatable bonds is 20. The lowest BCUT2D eigenvalue weighted by Gasteiger charge is -2.30. The van der Waals surface area contributed by atoms with E-state index in [9.17, 15) is 0 Å². The van der Waals surface area contributed by atoms with E-state index in [2.05, 4.69) is 43.1 Å². The van der Waals surface area contributed by atoms with Crippen molar-refractivity contribution in [1.82, 2.24) is 9.80 Å². The number of nitrogens with zero attached hydrogens (tertiary/aromatic N) is 2. The molecule has 1 aliphatic rings. The van der Waals surface area contributed by atoms with Crippen molar-refractivity contribution >= 4 is 0 Å². The SMILES string of the molecule is CCCCCCCCCCCCCCCCCN1C=CN(C)C1CCCCC. The van der Waals surface area contributed by atoms with E-state index in [-0.39, 0.29) is 0 Å². The summed E-state index contributed by atoms with van der Waals surface area (Å²) in [5, 5.41) is 0. The van der Waals surface area contributed by atoms with Crippen molar-refractivity contribution in [2.75, 3.05) is 13.6 Å². The molecule has 28 heavy (non-hydrogen) atoms. The van der Waals surface area contributed by atoms with Crippen LogP contribution in [0.3, 0.4) is 0 Å². The Bertz CT molecular complexity index is 352. The monoisotopic (exact) mass is 392 g/mol. The van der Waals surface area contributed by atoms with Gasteiger partial charge in [0, 0.05) is 26.0 Å². The molecule has 1 unspecified atom stereocenters. The van der Waals surface area contributed by atoms with Gasteiger partial charge in [0.2, 0.25) is 0 Å². The maximum Gasteiger partial charge on any atom is 0.100 e. The third-order valence-electron chi connectivity index (χ3n) is 6.43. The Morgan fingerprint density at radius 1 is 0.536 bits per heavy atom. The predicted molar refractivity (Wildman–Crippen MR) is 126 cm³/mol. The Hall–Kier alpha value is -0.660. The minimum Gasteiger partial charge on any atom is -0.359 e. The van der Waals surface area contributed by atoms with Gasteiger partial charge in [-0.2, -0.15) is 0 Å². The van der Waals surface area contributed by atoms with Gasteiger partial charge in [-0.25, -0.2) is 0 Å². The van der Waals surface area contributed by atoms with Crippen LogP contribution in [0.2, 0.25) is 0 Å². The van der Waals surface area contributed by atoms with Crippen LogP contribution in [0.4, 0.5) is 0 Å². The Labute approximate surface area is 178 Å². The Morgan fingerprint density at radius 2 is 0.964 bits per heavy atom. The highest BCUT2D eigenvalue weighted by molar-refractivity contribution is 4.95. The van der Waals surface area contributed by atoms with Crippen LogP contribution in [-0.2, 0) is 0 Å². The molecule has 0 aliphatic carbocycles. The van der Waals surface area contributed by atoms with Crippen molar-refractivity contribution in [3.05, 3.63) is 12.4 Å². The molecule has 0 N–H and O–H groups in total. The van der Waals surface area contributed by atoms with Gasteiger partial charge in [-0.15, -0.1) is 0 Å². The van der Waals surface area contributed by atoms with E-state index in [4.69, 9.17) is 0 Å². The van der Waals surface area contributed by atoms with Gasteiger partial charge in [0.15, 0.2) is 0 Å². The van der Waals surface area contributed by atoms with Gasteiger partial charge >= 0.3 is 0 Å². The summed E-state index contributed by atoms with van der Waals surface area (Å²) in [5.41, 5.74) is 0. The number of hydrogen-bond donors (Lipinski definition) is 0. The molecule has 2 nitrogen and oxygen atoms in total. The first-order chi connectivity index (χ1) is 13.8. The lowest BCUT2D eigenvalue weighted by atomic mass is 10.0. The topological polar surface area (TPSA) is 6.48 Å². The standard InChI is InChI=1S/C26H52N2/c1-4-6-8-9-10-11-12-13-14-15-16-17-18-19-21-23-28-25-24-27(3)26(28)22-20-7-5-2/h24-26H,4-23H2,1-3H3. The molecule has 0 amide bonds. The zero-order chi connectivity index (χ0) is 20.3. The van der Waals surface area contributed by atoms with E-state index < -0.39 is 0 Å². The van der Waals surface area contributed by atoms with Crippen LogP contribution in [0.25, 0.3) is 0 Å². The minimum absolute atomic E-state index is 0.623. The quantitative estimate of drug-likeness (QED) is 0.192. The summed E-state index contributed by atoms with van der Waals surface area (Å²) in [4.78, 5) is 4.98. The molecule has 0 fully saturated rings. The van der Waals surface area contributed by atoms with E-state index in [1.54, 1.807) is 0 Å². The van der Waals surface area contributed by atoms with Crippen molar-refractivity contribution in [2.45, 2.75) is 142 Å². The van der Waals surface area contributed by atoms with Crippen molar-refractivity contribution in [1.29, 1.82) is 0 Å². The lowest BCUT2D eigenvalue weighted by Crippen LogP contribution is -2.36. The second-order valence-electron chi connectivity index (χ2n) is 9.13. The molecule has 166 valence electrons. The Balaban J connectivity index is 1.85. The van der Waals surface area contributed by atoms with Gasteiger partial charge in [-0.3, -0.25) is 0 Å². The molecule has 0 saturated heterocycles. The smallest absolute Gasteiger partial charge is 0.100 e. The first-order valence-electron chi connectivity index (χ1n) is 13.0. The summed E-state index contributed by atoms with van der Waals surface area (Å²) < 4.78 is 0. The molecule has 1 atom stereocenters. The highest BCUT2D eigenvalue weighted by atomic mass is 15.4. The van der Waals surface area contributed by atoms with Gasteiger partial charge in [-0.05, 0) is 19.3 Å². The molecule has 0 aromatic carbocycles. The van der Waals surface area contributed by atoms with Crippen LogP contribution in [-0.4, -0.2) is 29.6 Å². The lowest BCUT2D eigenvalue weighted by molar-refractivity contribution is 0.159. The molecule has 1 heterocycles. The van der Waals surface area contributed by atoms with E-state index in [0.717, 1.165) is 0 Å². The number of hydrogen-bond acceptors (Lipinski definition) is 2. The zero-order valence-electron chi connectivity index (χ0n) is 19.8. The maximum atomic E-state index is 2.58. The predicted octanol–water partition coefficient (Wildman–Crippen LogP) is 8.48. The molecule has 0 spiro atoms. The molecule has 0 bridgehead atoms. The average molecular weight is 393 g/mol. The van der Waals surface area contributed by atoms with Crippen molar-refractivity contribution in [3.8, 4) is 0 Å². The first-order valence-corrected chi connectivity index (χ1v) is 13.0. The molecular weight excluding hydrogens is 340 g/mol. The summed E-state index contributed by atoms with van der Waals surface area (Å²) >= 11 is 0. The molecular formula is C26H52N2. The third-order valence-corrected chi connectivity index (χ3v) is 6.43. The summed E-state index contributed by atoms with van der Waals surface area (Å²) in [6.07, 6.45) is 32.3. The molecule has 0 aromatic rings. The van der Waals surface area contributed by atoms with Crippen LogP contribution in [0, 0.1) is 0 Å². The molecule has 2 heteroatoms. The fourth-order valence-electron chi connectivity index (χ4n) is 4.46. The van der Waals surface area contributed by atoms with Crippen LogP contribution in [0.5, 0.6) is 0 Å². The molecule has 1 rings (SSSR count). The van der Waals surface area contributed by atoms with Crippen molar-refractivity contribution < 1.29 is 0 Å². The highest BCUT2D eigenvalue weighted by Gasteiger charge is 2.22. The minimum atomic E-state index is 0.623. The second kappa shape index (κ2) is 18.4. The van der Waals surface area contributed by atoms with Crippen molar-refractivity contribution in [2.24, 2.45) is 0 Å². The Morgan fingerprint density at radius 3 is 1.46 bits per heavy atom. The van der Waals surface area contributed by atoms with Gasteiger partial charge in [0.1, 0.15) is 6.17 Å². The number of unbranched alkanes of at least 4 members (excludes halogenated alkanes) is 16. The van der Waals surface area contributed by atoms with Crippen LogP contribution in [0.15, 0.2) is 12.4 Å². The molecule has 0 radical (unpaired) electrons. The van der Waals surface area contributed by atoms with Crippen LogP contribution in [0.1, 0.15) is 136 Å². The Kier molecular flexibility index (Phi) is 16.7. The summed E-state index contributed by atoms with van der Waals surface area (Å²) in [5.74, 6) is 0. The largest absolute Gasteiger partial charge is 0.359 e. The molecule has 0 aromatic heterocycles. The van der Waals surface area contributed by atoms with Gasteiger partial charge in [0.05, 0.1) is 0 Å². The molecule has 1 aliphatic heterocycles. The van der Waals surface area contributed by atoms with Crippen molar-refractivity contribution in [3.63, 3.8) is 0 Å². The fraction of sp³-hybridized carbons (Fsp3) is 0.923. The maximum absolute atomic E-state index is 2.58. The summed E-state index contributed by atoms with van der Waals surface area (Å²) in [6, 6.07) is 0. The summed E-state index contributed by atoms with van der Waals surface area (Å²) in [6.45, 7) is 5.84. The second-order valence-corrected chi connectivity index (χ2v) is 9.13. The highest BCUT2D eigenvalue weighted by Crippen LogP contribution is 2.21. The molecule has 0 saturated carbocycles. The summed E-state index contributed by atoms with van der Waals surface area (Å²) in [7, 11) is 2.24. The normalized spacial score (nSPS) is 16.5. The zero-order valence-corrected chi connectivity index (χ0v) is 19.8. The van der Waals surface area contributed by atoms with Crippen LogP contribution < -0.4 is 0 Å². The van der Waals surface area contributed by atoms with Gasteiger partial charge in [-0.1, -0.05) is 117 Å². The average Bonchev–Trinajstić information content (AvgIpc) is 3.05. The van der Waals surface area contributed by atoms with Gasteiger partial charge in [0.25, 0.3) is 0 Å². The van der Waals surface area contributed by atoms with E-state index in [0.29, 0.717) is 6.17 Å².